The second-order valence-corrected chi connectivity index (χ2v) is 9.31. The lowest BCUT2D eigenvalue weighted by Crippen LogP contribution is -2.15. The van der Waals surface area contributed by atoms with Crippen molar-refractivity contribution in [3.63, 3.8) is 0 Å². The molecule has 1 amide bonds. The Bertz CT molecular complexity index is 1190. The van der Waals surface area contributed by atoms with Gasteiger partial charge in [0.1, 0.15) is 5.75 Å². The van der Waals surface area contributed by atoms with Crippen LogP contribution in [0, 0.1) is 13.8 Å². The molecule has 0 unspecified atom stereocenters. The van der Waals surface area contributed by atoms with Crippen LogP contribution >= 0.6 is 0 Å². The molecule has 3 aromatic rings. The smallest absolute Gasteiger partial charge is 0.261 e. The summed E-state index contributed by atoms with van der Waals surface area (Å²) in [5.41, 5.74) is 3.40. The number of carbonyl (C=O) groups excluding carboxylic acids is 1. The Kier molecular flexibility index (Phi) is 7.53. The van der Waals surface area contributed by atoms with Gasteiger partial charge in [-0.2, -0.15) is 0 Å². The summed E-state index contributed by atoms with van der Waals surface area (Å²) in [5, 5.41) is 2.79. The normalized spacial score (nSPS) is 11.1. The highest BCUT2D eigenvalue weighted by Gasteiger charge is 2.16. The van der Waals surface area contributed by atoms with Crippen LogP contribution in [0.25, 0.3) is 0 Å². The molecule has 168 valence electrons. The molecule has 2 N–H and O–H groups in total. The molecule has 3 aromatic carbocycles. The van der Waals surface area contributed by atoms with Gasteiger partial charge in [-0.3, -0.25) is 9.52 Å². The zero-order valence-corrected chi connectivity index (χ0v) is 19.3. The summed E-state index contributed by atoms with van der Waals surface area (Å²) >= 11 is 0. The molecule has 3 rings (SSSR count). The van der Waals surface area contributed by atoms with Crippen LogP contribution < -0.4 is 14.8 Å². The Hall–Kier alpha value is -3.32. The molecule has 0 aliphatic rings. The van der Waals surface area contributed by atoms with Gasteiger partial charge in [-0.05, 0) is 74.4 Å². The highest BCUT2D eigenvalue weighted by Crippen LogP contribution is 2.22. The third kappa shape index (κ3) is 6.11. The van der Waals surface area contributed by atoms with Crippen LogP contribution in [-0.2, 0) is 10.0 Å². The zero-order valence-electron chi connectivity index (χ0n) is 18.5. The van der Waals surface area contributed by atoms with Crippen molar-refractivity contribution in [2.24, 2.45) is 0 Å². The molecule has 0 radical (unpaired) electrons. The Morgan fingerprint density at radius 1 is 0.969 bits per heavy atom. The Morgan fingerprint density at radius 2 is 1.72 bits per heavy atom. The number of hydrogen-bond donors (Lipinski definition) is 2. The minimum Gasteiger partial charge on any atom is -0.494 e. The van der Waals surface area contributed by atoms with Gasteiger partial charge in [0.2, 0.25) is 0 Å². The van der Waals surface area contributed by atoms with E-state index in [2.05, 4.69) is 17.0 Å². The summed E-state index contributed by atoms with van der Waals surface area (Å²) in [6.45, 7) is 6.50. The van der Waals surface area contributed by atoms with E-state index in [4.69, 9.17) is 4.74 Å². The van der Waals surface area contributed by atoms with E-state index in [0.717, 1.165) is 24.0 Å². The summed E-state index contributed by atoms with van der Waals surface area (Å²) in [6.07, 6.45) is 1.98. The summed E-state index contributed by atoms with van der Waals surface area (Å²) in [6, 6.07) is 18.6. The summed E-state index contributed by atoms with van der Waals surface area (Å²) in [4.78, 5) is 12.7. The molecule has 0 spiro atoms. The van der Waals surface area contributed by atoms with Gasteiger partial charge in [-0.1, -0.05) is 37.1 Å². The van der Waals surface area contributed by atoms with E-state index in [1.54, 1.807) is 36.4 Å². The lowest BCUT2D eigenvalue weighted by atomic mass is 10.1. The molecule has 0 saturated carbocycles. The molecular formula is C25H28N2O4S. The van der Waals surface area contributed by atoms with E-state index in [0.29, 0.717) is 29.3 Å². The predicted octanol–water partition coefficient (Wildman–Crippen LogP) is 5.54. The highest BCUT2D eigenvalue weighted by atomic mass is 32.2. The fraction of sp³-hybridized carbons (Fsp3) is 0.240. The van der Waals surface area contributed by atoms with Crippen LogP contribution in [0.2, 0.25) is 0 Å². The first-order valence-corrected chi connectivity index (χ1v) is 12.0. The molecule has 0 fully saturated rings. The Labute approximate surface area is 189 Å². The van der Waals surface area contributed by atoms with Gasteiger partial charge in [-0.15, -0.1) is 0 Å². The molecule has 32 heavy (non-hydrogen) atoms. The fourth-order valence-corrected chi connectivity index (χ4v) is 4.24. The summed E-state index contributed by atoms with van der Waals surface area (Å²) < 4.78 is 33.7. The number of unbranched alkanes of at least 4 members (excludes halogenated alkanes) is 1. The van der Waals surface area contributed by atoms with Crippen LogP contribution in [0.5, 0.6) is 5.75 Å². The number of amides is 1. The van der Waals surface area contributed by atoms with Gasteiger partial charge >= 0.3 is 0 Å². The topological polar surface area (TPSA) is 84.5 Å². The molecule has 0 aliphatic carbocycles. The van der Waals surface area contributed by atoms with Gasteiger partial charge in [-0.25, -0.2) is 8.42 Å². The lowest BCUT2D eigenvalue weighted by molar-refractivity contribution is 0.102. The Balaban J connectivity index is 1.67. The Morgan fingerprint density at radius 3 is 2.41 bits per heavy atom. The van der Waals surface area contributed by atoms with Gasteiger partial charge in [0, 0.05) is 11.3 Å². The molecule has 0 aromatic heterocycles. The zero-order chi connectivity index (χ0) is 23.1. The standard InChI is InChI=1S/C25H28N2O4S/c1-4-5-15-31-22-8-6-7-20(17-22)25(28)26-21-10-12-23(13-11-21)32(29,30)27-24-14-9-18(2)16-19(24)3/h6-14,16-17,27H,4-5,15H2,1-3H3,(H,26,28). The summed E-state index contributed by atoms with van der Waals surface area (Å²) in [7, 11) is -3.74. The van der Waals surface area contributed by atoms with Crippen LogP contribution in [0.1, 0.15) is 41.3 Å². The first-order valence-electron chi connectivity index (χ1n) is 10.5. The lowest BCUT2D eigenvalue weighted by Gasteiger charge is -2.12. The predicted molar refractivity (Wildman–Crippen MR) is 128 cm³/mol. The van der Waals surface area contributed by atoms with E-state index >= 15 is 0 Å². The maximum Gasteiger partial charge on any atom is 0.261 e. The molecule has 0 heterocycles. The molecule has 6 nitrogen and oxygen atoms in total. The second-order valence-electron chi connectivity index (χ2n) is 7.63. The van der Waals surface area contributed by atoms with E-state index in [1.807, 2.05) is 32.0 Å². The number of carbonyl (C=O) groups is 1. The molecule has 0 aliphatic heterocycles. The first-order chi connectivity index (χ1) is 15.3. The van der Waals surface area contributed by atoms with E-state index in [-0.39, 0.29) is 10.8 Å². The van der Waals surface area contributed by atoms with Crippen LogP contribution in [0.15, 0.2) is 71.6 Å². The van der Waals surface area contributed by atoms with Gasteiger partial charge in [0.15, 0.2) is 0 Å². The van der Waals surface area contributed by atoms with Crippen molar-refractivity contribution in [1.29, 1.82) is 0 Å². The first kappa shape index (κ1) is 23.3. The molecule has 0 atom stereocenters. The van der Waals surface area contributed by atoms with Crippen molar-refractivity contribution in [2.45, 2.75) is 38.5 Å². The fourth-order valence-electron chi connectivity index (χ4n) is 3.11. The van der Waals surface area contributed by atoms with Gasteiger partial charge in [0.25, 0.3) is 15.9 Å². The molecule has 0 saturated heterocycles. The third-order valence-corrected chi connectivity index (χ3v) is 6.29. The van der Waals surface area contributed by atoms with Crippen molar-refractivity contribution in [3.05, 3.63) is 83.4 Å². The van der Waals surface area contributed by atoms with Gasteiger partial charge < -0.3 is 10.1 Å². The quantitative estimate of drug-likeness (QED) is 0.418. The highest BCUT2D eigenvalue weighted by molar-refractivity contribution is 7.92. The molecule has 0 bridgehead atoms. The van der Waals surface area contributed by atoms with Crippen LogP contribution in [0.3, 0.4) is 0 Å². The maximum absolute atomic E-state index is 12.7. The van der Waals surface area contributed by atoms with E-state index in [9.17, 15) is 13.2 Å². The maximum atomic E-state index is 12.7. The number of benzene rings is 3. The van der Waals surface area contributed by atoms with E-state index < -0.39 is 10.0 Å². The van der Waals surface area contributed by atoms with Crippen molar-refractivity contribution in [2.75, 3.05) is 16.6 Å². The number of nitrogens with one attached hydrogen (secondary N) is 2. The summed E-state index contributed by atoms with van der Waals surface area (Å²) in [5.74, 6) is 0.347. The minimum absolute atomic E-state index is 0.113. The number of sulfonamides is 1. The average molecular weight is 453 g/mol. The van der Waals surface area contributed by atoms with Crippen molar-refractivity contribution >= 4 is 27.3 Å². The monoisotopic (exact) mass is 452 g/mol. The number of hydrogen-bond acceptors (Lipinski definition) is 4. The SMILES string of the molecule is CCCCOc1cccc(C(=O)Nc2ccc(S(=O)(=O)Nc3ccc(C)cc3C)cc2)c1. The number of ether oxygens (including phenoxy) is 1. The molecule has 7 heteroatoms. The average Bonchev–Trinajstić information content (AvgIpc) is 2.76. The second kappa shape index (κ2) is 10.3. The van der Waals surface area contributed by atoms with Gasteiger partial charge in [0.05, 0.1) is 17.2 Å². The number of anilines is 2. The van der Waals surface area contributed by atoms with Crippen molar-refractivity contribution in [1.82, 2.24) is 0 Å². The third-order valence-electron chi connectivity index (χ3n) is 4.91. The number of aryl methyl sites for hydroxylation is 2. The van der Waals surface area contributed by atoms with Crippen molar-refractivity contribution in [3.8, 4) is 5.75 Å². The van der Waals surface area contributed by atoms with E-state index in [1.165, 1.54) is 12.1 Å². The van der Waals surface area contributed by atoms with Crippen LogP contribution in [0.4, 0.5) is 11.4 Å². The largest absolute Gasteiger partial charge is 0.494 e. The molecular weight excluding hydrogens is 424 g/mol. The van der Waals surface area contributed by atoms with Crippen LogP contribution in [-0.4, -0.2) is 20.9 Å². The minimum atomic E-state index is -3.74. The van der Waals surface area contributed by atoms with Crippen molar-refractivity contribution < 1.29 is 17.9 Å². The number of rotatable bonds is 9.